The number of hydrogen-bond donors (Lipinski definition) is 2. The molecule has 2 N–H and O–H groups in total. The third-order valence-electron chi connectivity index (χ3n) is 4.23. The van der Waals surface area contributed by atoms with Crippen LogP contribution in [0.25, 0.3) is 0 Å². The van der Waals surface area contributed by atoms with Crippen molar-refractivity contribution in [3.63, 3.8) is 0 Å². The molecule has 148 valence electrons. The number of nitrogens with zero attached hydrogens (tertiary/aromatic N) is 2. The van der Waals surface area contributed by atoms with E-state index in [0.717, 1.165) is 12.8 Å². The van der Waals surface area contributed by atoms with Gasteiger partial charge in [0.05, 0.1) is 12.7 Å². The molecule has 29 heavy (non-hydrogen) atoms. The fourth-order valence-corrected chi connectivity index (χ4v) is 2.77. The number of hydrogen-bond acceptors (Lipinski definition) is 6. The van der Waals surface area contributed by atoms with Crippen molar-refractivity contribution < 1.29 is 14.3 Å². The Morgan fingerprint density at radius 3 is 2.62 bits per heavy atom. The van der Waals surface area contributed by atoms with Gasteiger partial charge < -0.3 is 15.4 Å². The second kappa shape index (κ2) is 9.98. The predicted octanol–water partition coefficient (Wildman–Crippen LogP) is 3.37. The maximum Gasteiger partial charge on any atom is 0.337 e. The number of anilines is 2. The first kappa shape index (κ1) is 20.0. The number of benzene rings is 2. The maximum absolute atomic E-state index is 12.4. The second-order valence-electron chi connectivity index (χ2n) is 6.33. The van der Waals surface area contributed by atoms with E-state index in [9.17, 15) is 9.59 Å². The van der Waals surface area contributed by atoms with Gasteiger partial charge in [-0.3, -0.25) is 4.79 Å². The van der Waals surface area contributed by atoms with E-state index in [0.29, 0.717) is 23.6 Å². The van der Waals surface area contributed by atoms with Crippen molar-refractivity contribution in [2.75, 3.05) is 19.0 Å². The molecule has 0 saturated carbocycles. The van der Waals surface area contributed by atoms with Gasteiger partial charge in [0.1, 0.15) is 17.8 Å². The summed E-state index contributed by atoms with van der Waals surface area (Å²) in [6, 6.07) is 18.5. The highest BCUT2D eigenvalue weighted by Gasteiger charge is 2.10. The first-order valence-electron chi connectivity index (χ1n) is 9.25. The van der Waals surface area contributed by atoms with E-state index in [4.69, 9.17) is 4.74 Å². The van der Waals surface area contributed by atoms with Gasteiger partial charge in [0, 0.05) is 18.3 Å². The quantitative estimate of drug-likeness (QED) is 0.452. The molecule has 3 aromatic rings. The number of amides is 1. The lowest BCUT2D eigenvalue weighted by molar-refractivity contribution is 0.0600. The highest BCUT2D eigenvalue weighted by Crippen LogP contribution is 2.17. The molecule has 1 amide bonds. The second-order valence-corrected chi connectivity index (χ2v) is 6.33. The van der Waals surface area contributed by atoms with Gasteiger partial charge in [0.25, 0.3) is 5.91 Å². The number of methoxy groups -OCH3 is 1. The molecule has 2 aromatic carbocycles. The lowest BCUT2D eigenvalue weighted by Gasteiger charge is -2.09. The van der Waals surface area contributed by atoms with Crippen LogP contribution >= 0.6 is 0 Å². The number of rotatable bonds is 8. The average Bonchev–Trinajstić information content (AvgIpc) is 2.77. The van der Waals surface area contributed by atoms with Crippen molar-refractivity contribution in [3.8, 4) is 0 Å². The van der Waals surface area contributed by atoms with Crippen molar-refractivity contribution in [1.29, 1.82) is 0 Å². The van der Waals surface area contributed by atoms with Crippen molar-refractivity contribution in [3.05, 3.63) is 83.8 Å². The van der Waals surface area contributed by atoms with Gasteiger partial charge >= 0.3 is 5.97 Å². The molecular formula is C22H22N4O3. The first-order valence-corrected chi connectivity index (χ1v) is 9.25. The topological polar surface area (TPSA) is 93.2 Å². The van der Waals surface area contributed by atoms with E-state index in [1.165, 1.54) is 19.0 Å². The third kappa shape index (κ3) is 5.87. The fraction of sp³-hybridized carbons (Fsp3) is 0.182. The zero-order valence-corrected chi connectivity index (χ0v) is 16.1. The molecule has 1 heterocycles. The Morgan fingerprint density at radius 1 is 1.00 bits per heavy atom. The summed E-state index contributed by atoms with van der Waals surface area (Å²) < 4.78 is 4.72. The van der Waals surface area contributed by atoms with Crippen LogP contribution in [-0.4, -0.2) is 35.5 Å². The maximum atomic E-state index is 12.4. The Kier molecular flexibility index (Phi) is 6.89. The standard InChI is InChI=1S/C22H22N4O3/c1-29-22(28)17-10-5-11-18(13-17)26-20-14-19(24-15-25-20)21(27)23-12-6-9-16-7-3-2-4-8-16/h2-5,7-8,10-11,13-15H,6,9,12H2,1H3,(H,23,27)(H,24,25,26). The van der Waals surface area contributed by atoms with Gasteiger partial charge in [-0.25, -0.2) is 14.8 Å². The largest absolute Gasteiger partial charge is 0.465 e. The predicted molar refractivity (Wildman–Crippen MR) is 110 cm³/mol. The summed E-state index contributed by atoms with van der Waals surface area (Å²) in [6.45, 7) is 0.557. The van der Waals surface area contributed by atoms with Gasteiger partial charge in [-0.15, -0.1) is 0 Å². The number of carbonyl (C=O) groups is 2. The molecule has 0 atom stereocenters. The van der Waals surface area contributed by atoms with Gasteiger partial charge in [0.2, 0.25) is 0 Å². The number of esters is 1. The molecule has 0 unspecified atom stereocenters. The lowest BCUT2D eigenvalue weighted by atomic mass is 10.1. The Hall–Kier alpha value is -3.74. The zero-order chi connectivity index (χ0) is 20.5. The van der Waals surface area contributed by atoms with Gasteiger partial charge in [-0.2, -0.15) is 0 Å². The third-order valence-corrected chi connectivity index (χ3v) is 4.23. The number of aryl methyl sites for hydroxylation is 1. The van der Waals surface area contributed by atoms with Gasteiger partial charge in [-0.05, 0) is 36.6 Å². The Labute approximate surface area is 169 Å². The zero-order valence-electron chi connectivity index (χ0n) is 16.1. The molecule has 0 aliphatic carbocycles. The normalized spacial score (nSPS) is 10.2. The van der Waals surface area contributed by atoms with Crippen molar-refractivity contribution in [2.24, 2.45) is 0 Å². The highest BCUT2D eigenvalue weighted by atomic mass is 16.5. The van der Waals surface area contributed by atoms with E-state index in [2.05, 4.69) is 32.7 Å². The molecule has 0 bridgehead atoms. The first-order chi connectivity index (χ1) is 14.2. The summed E-state index contributed by atoms with van der Waals surface area (Å²) in [7, 11) is 1.33. The van der Waals surface area contributed by atoms with E-state index >= 15 is 0 Å². The van der Waals surface area contributed by atoms with Crippen LogP contribution in [0, 0.1) is 0 Å². The molecule has 0 spiro atoms. The van der Waals surface area contributed by atoms with E-state index < -0.39 is 5.97 Å². The summed E-state index contributed by atoms with van der Waals surface area (Å²) in [5.41, 5.74) is 2.58. The molecule has 0 radical (unpaired) electrons. The molecule has 7 nitrogen and oxygen atoms in total. The smallest absolute Gasteiger partial charge is 0.337 e. The molecule has 0 aliphatic heterocycles. The number of aromatic nitrogens is 2. The van der Waals surface area contributed by atoms with Crippen LogP contribution < -0.4 is 10.6 Å². The minimum atomic E-state index is -0.424. The molecule has 3 rings (SSSR count). The van der Waals surface area contributed by atoms with Gasteiger partial charge in [-0.1, -0.05) is 36.4 Å². The Morgan fingerprint density at radius 2 is 1.83 bits per heavy atom. The van der Waals surface area contributed by atoms with Crippen LogP contribution in [0.4, 0.5) is 11.5 Å². The number of nitrogens with one attached hydrogen (secondary N) is 2. The highest BCUT2D eigenvalue weighted by molar-refractivity contribution is 5.93. The van der Waals surface area contributed by atoms with Crippen LogP contribution in [0.3, 0.4) is 0 Å². The van der Waals surface area contributed by atoms with Crippen LogP contribution in [-0.2, 0) is 11.2 Å². The lowest BCUT2D eigenvalue weighted by Crippen LogP contribution is -2.25. The Bertz CT molecular complexity index is 977. The monoisotopic (exact) mass is 390 g/mol. The molecule has 1 aromatic heterocycles. The van der Waals surface area contributed by atoms with Crippen LogP contribution in [0.5, 0.6) is 0 Å². The summed E-state index contributed by atoms with van der Waals surface area (Å²) in [4.78, 5) is 32.2. The Balaban J connectivity index is 1.56. The van der Waals surface area contributed by atoms with Crippen molar-refractivity contribution >= 4 is 23.4 Å². The molecule has 0 aliphatic rings. The van der Waals surface area contributed by atoms with Gasteiger partial charge in [0.15, 0.2) is 0 Å². The SMILES string of the molecule is COC(=O)c1cccc(Nc2cc(C(=O)NCCCc3ccccc3)ncn2)c1. The average molecular weight is 390 g/mol. The molecule has 7 heteroatoms. The van der Waals surface area contributed by atoms with E-state index in [1.807, 2.05) is 18.2 Å². The molecule has 0 saturated heterocycles. The van der Waals surface area contributed by atoms with Crippen molar-refractivity contribution in [1.82, 2.24) is 15.3 Å². The molecular weight excluding hydrogens is 368 g/mol. The minimum absolute atomic E-state index is 0.258. The van der Waals surface area contributed by atoms with E-state index in [-0.39, 0.29) is 11.6 Å². The number of carbonyl (C=O) groups excluding carboxylic acids is 2. The number of ether oxygens (including phenoxy) is 1. The summed E-state index contributed by atoms with van der Waals surface area (Å²) in [6.07, 6.45) is 3.06. The summed E-state index contributed by atoms with van der Waals surface area (Å²) in [5, 5.41) is 5.94. The van der Waals surface area contributed by atoms with Crippen LogP contribution in [0.15, 0.2) is 67.0 Å². The summed E-state index contributed by atoms with van der Waals surface area (Å²) >= 11 is 0. The summed E-state index contributed by atoms with van der Waals surface area (Å²) in [5.74, 6) is -0.227. The minimum Gasteiger partial charge on any atom is -0.465 e. The van der Waals surface area contributed by atoms with Crippen LogP contribution in [0.1, 0.15) is 32.8 Å². The fourth-order valence-electron chi connectivity index (χ4n) is 2.77. The van der Waals surface area contributed by atoms with E-state index in [1.54, 1.807) is 30.3 Å². The van der Waals surface area contributed by atoms with Crippen molar-refractivity contribution in [2.45, 2.75) is 12.8 Å². The van der Waals surface area contributed by atoms with Crippen LogP contribution in [0.2, 0.25) is 0 Å². The molecule has 0 fully saturated rings.